The van der Waals surface area contributed by atoms with Gasteiger partial charge in [-0.25, -0.2) is 0 Å². The van der Waals surface area contributed by atoms with Crippen molar-refractivity contribution in [2.24, 2.45) is 0 Å². The Morgan fingerprint density at radius 1 is 1.12 bits per heavy atom. The van der Waals surface area contributed by atoms with Gasteiger partial charge in [-0.2, -0.15) is 0 Å². The Morgan fingerprint density at radius 2 is 1.82 bits per heavy atom. The highest BCUT2D eigenvalue weighted by Gasteiger charge is 2.23. The van der Waals surface area contributed by atoms with Crippen LogP contribution in [0, 0.1) is 0 Å². The summed E-state index contributed by atoms with van der Waals surface area (Å²) in [5.74, 6) is 0. The van der Waals surface area contributed by atoms with E-state index in [2.05, 4.69) is 63.3 Å². The van der Waals surface area contributed by atoms with Crippen molar-refractivity contribution in [1.82, 2.24) is 0 Å². The maximum absolute atomic E-state index is 6.19. The highest BCUT2D eigenvalue weighted by molar-refractivity contribution is 5.36. The maximum Gasteiger partial charge on any atom is 0.108 e. The third-order valence-electron chi connectivity index (χ3n) is 2.68. The Morgan fingerprint density at radius 3 is 2.35 bits per heavy atom. The second-order valence-electron chi connectivity index (χ2n) is 5.36. The predicted octanol–water partition coefficient (Wildman–Crippen LogP) is 4.43. The van der Waals surface area contributed by atoms with E-state index in [9.17, 15) is 0 Å². The van der Waals surface area contributed by atoms with Gasteiger partial charge in [-0.05, 0) is 38.3 Å². The van der Waals surface area contributed by atoms with Crippen LogP contribution in [0.2, 0.25) is 0 Å². The lowest BCUT2D eigenvalue weighted by atomic mass is 10.0. The molecule has 1 aliphatic carbocycles. The number of benzene rings is 1. The van der Waals surface area contributed by atoms with Gasteiger partial charge in [-0.1, -0.05) is 48.6 Å². The Hall–Kier alpha value is -1.34. The van der Waals surface area contributed by atoms with Crippen molar-refractivity contribution in [2.75, 3.05) is 0 Å². The Bertz CT molecular complexity index is 421. The fourth-order valence-electron chi connectivity index (χ4n) is 1.98. The number of allylic oxidation sites excluding steroid dienone is 2. The first-order valence-corrected chi connectivity index (χ1v) is 6.16. The maximum atomic E-state index is 6.19. The van der Waals surface area contributed by atoms with Gasteiger partial charge >= 0.3 is 0 Å². The molecule has 2 rings (SSSR count). The Labute approximate surface area is 104 Å². The molecule has 1 atom stereocenters. The van der Waals surface area contributed by atoms with E-state index in [0.717, 1.165) is 6.42 Å². The van der Waals surface area contributed by atoms with Crippen molar-refractivity contribution in [1.29, 1.82) is 0 Å². The van der Waals surface area contributed by atoms with E-state index in [1.54, 1.807) is 0 Å². The molecule has 1 aromatic rings. The molecule has 90 valence electrons. The molecule has 0 saturated heterocycles. The molecular formula is C16H20O. The van der Waals surface area contributed by atoms with Crippen molar-refractivity contribution in [3.8, 4) is 0 Å². The van der Waals surface area contributed by atoms with Crippen LogP contribution in [-0.2, 0) is 4.74 Å². The Balaban J connectivity index is 2.28. The minimum absolute atomic E-state index is 0.0509. The number of ether oxygens (including phenoxy) is 1. The molecule has 0 bridgehead atoms. The summed E-state index contributed by atoms with van der Waals surface area (Å²) in [5.41, 5.74) is 2.35. The lowest BCUT2D eigenvalue weighted by Gasteiger charge is -2.28. The van der Waals surface area contributed by atoms with E-state index in [-0.39, 0.29) is 11.7 Å². The summed E-state index contributed by atoms with van der Waals surface area (Å²) in [6.07, 6.45) is 7.66. The first-order chi connectivity index (χ1) is 8.06. The summed E-state index contributed by atoms with van der Waals surface area (Å²) in [6, 6.07) is 10.4. The summed E-state index contributed by atoms with van der Waals surface area (Å²) in [7, 11) is 0. The number of hydrogen-bond acceptors (Lipinski definition) is 1. The molecule has 1 aliphatic rings. The minimum Gasteiger partial charge on any atom is -0.363 e. The van der Waals surface area contributed by atoms with Gasteiger partial charge in [0.2, 0.25) is 0 Å². The van der Waals surface area contributed by atoms with Gasteiger partial charge in [0.25, 0.3) is 0 Å². The van der Waals surface area contributed by atoms with Crippen LogP contribution in [-0.4, -0.2) is 5.60 Å². The number of rotatable bonds is 3. The molecule has 17 heavy (non-hydrogen) atoms. The summed E-state index contributed by atoms with van der Waals surface area (Å²) >= 11 is 0. The molecule has 1 heteroatoms. The number of hydrogen-bond donors (Lipinski definition) is 0. The van der Waals surface area contributed by atoms with Crippen molar-refractivity contribution < 1.29 is 4.74 Å². The molecule has 1 unspecified atom stereocenters. The van der Waals surface area contributed by atoms with Crippen LogP contribution in [0.25, 0.3) is 0 Å². The van der Waals surface area contributed by atoms with Crippen molar-refractivity contribution in [3.05, 3.63) is 59.7 Å². The average molecular weight is 228 g/mol. The van der Waals surface area contributed by atoms with Crippen LogP contribution in [0.15, 0.2) is 54.1 Å². The second-order valence-corrected chi connectivity index (χ2v) is 5.36. The summed E-state index contributed by atoms with van der Waals surface area (Å²) in [5, 5.41) is 0. The molecule has 0 aliphatic heterocycles. The van der Waals surface area contributed by atoms with E-state index in [4.69, 9.17) is 4.74 Å². The van der Waals surface area contributed by atoms with Gasteiger partial charge in [0.15, 0.2) is 0 Å². The predicted molar refractivity (Wildman–Crippen MR) is 71.9 cm³/mol. The highest BCUT2D eigenvalue weighted by atomic mass is 16.5. The molecule has 0 aromatic heterocycles. The van der Waals surface area contributed by atoms with E-state index in [1.165, 1.54) is 11.1 Å². The first-order valence-electron chi connectivity index (χ1n) is 6.16. The Kier molecular flexibility index (Phi) is 3.49. The zero-order chi connectivity index (χ0) is 12.3. The van der Waals surface area contributed by atoms with E-state index in [1.807, 2.05) is 6.07 Å². The zero-order valence-electron chi connectivity index (χ0n) is 10.8. The zero-order valence-corrected chi connectivity index (χ0v) is 10.8. The molecule has 1 aromatic carbocycles. The van der Waals surface area contributed by atoms with Gasteiger partial charge in [-0.3, -0.25) is 0 Å². The molecule has 0 amide bonds. The summed E-state index contributed by atoms with van der Waals surface area (Å²) in [4.78, 5) is 0. The fourth-order valence-corrected chi connectivity index (χ4v) is 1.98. The molecule has 0 saturated carbocycles. The molecular weight excluding hydrogens is 208 g/mol. The molecule has 1 nitrogen and oxygen atoms in total. The fraction of sp³-hybridized carbons (Fsp3) is 0.375. The van der Waals surface area contributed by atoms with Crippen molar-refractivity contribution >= 4 is 0 Å². The largest absolute Gasteiger partial charge is 0.363 e. The third-order valence-corrected chi connectivity index (χ3v) is 2.68. The van der Waals surface area contributed by atoms with Crippen LogP contribution in [0.4, 0.5) is 0 Å². The molecule has 0 spiro atoms. The summed E-state index contributed by atoms with van der Waals surface area (Å²) < 4.78 is 6.19. The molecule has 0 N–H and O–H groups in total. The van der Waals surface area contributed by atoms with E-state index in [0.29, 0.717) is 0 Å². The van der Waals surface area contributed by atoms with Gasteiger partial charge in [0, 0.05) is 0 Å². The average Bonchev–Trinajstić information content (AvgIpc) is 2.79. The highest BCUT2D eigenvalue weighted by Crippen LogP contribution is 2.33. The normalized spacial score (nSPS) is 17.0. The molecule has 0 heterocycles. The van der Waals surface area contributed by atoms with Crippen LogP contribution in [0.1, 0.15) is 38.9 Å². The lowest BCUT2D eigenvalue weighted by Crippen LogP contribution is -2.23. The monoisotopic (exact) mass is 228 g/mol. The van der Waals surface area contributed by atoms with E-state index >= 15 is 0 Å². The van der Waals surface area contributed by atoms with Crippen LogP contribution in [0.5, 0.6) is 0 Å². The molecule has 0 radical (unpaired) electrons. The van der Waals surface area contributed by atoms with E-state index < -0.39 is 0 Å². The smallest absolute Gasteiger partial charge is 0.108 e. The van der Waals surface area contributed by atoms with Gasteiger partial charge in [0.1, 0.15) is 6.10 Å². The lowest BCUT2D eigenvalue weighted by molar-refractivity contribution is -0.0432. The van der Waals surface area contributed by atoms with Crippen LogP contribution >= 0.6 is 0 Å². The third kappa shape index (κ3) is 3.31. The first kappa shape index (κ1) is 12.1. The summed E-state index contributed by atoms with van der Waals surface area (Å²) in [6.45, 7) is 6.30. The van der Waals surface area contributed by atoms with Gasteiger partial charge in [-0.15, -0.1) is 0 Å². The van der Waals surface area contributed by atoms with Gasteiger partial charge < -0.3 is 4.74 Å². The van der Waals surface area contributed by atoms with Crippen LogP contribution in [0.3, 0.4) is 0 Å². The van der Waals surface area contributed by atoms with Crippen molar-refractivity contribution in [3.63, 3.8) is 0 Å². The quantitative estimate of drug-likeness (QED) is 0.743. The van der Waals surface area contributed by atoms with Crippen LogP contribution < -0.4 is 0 Å². The second kappa shape index (κ2) is 4.89. The topological polar surface area (TPSA) is 9.23 Å². The SMILES string of the molecule is CC(C)(C)OC(C1=CCC=C1)c1ccccc1. The van der Waals surface area contributed by atoms with Crippen molar-refractivity contribution in [2.45, 2.75) is 38.9 Å². The van der Waals surface area contributed by atoms with Gasteiger partial charge in [0.05, 0.1) is 5.60 Å². The minimum atomic E-state index is -0.141. The molecule has 0 fully saturated rings. The standard InChI is InChI=1S/C16H20O/c1-16(2,3)17-15(14-11-7-8-12-14)13-9-5-4-6-10-13/h4-7,9-12,15H,8H2,1-3H3.